The molecule has 2 aromatic carbocycles. The molecule has 0 saturated heterocycles. The largest absolute Gasteiger partial charge is 0.426 e. The van der Waals surface area contributed by atoms with Gasteiger partial charge in [0, 0.05) is 0 Å². The normalized spacial score (nSPS) is 11.8. The van der Waals surface area contributed by atoms with E-state index in [4.69, 9.17) is 0 Å². The van der Waals surface area contributed by atoms with Crippen molar-refractivity contribution in [1.29, 1.82) is 0 Å². The lowest BCUT2D eigenvalue weighted by Gasteiger charge is -2.10. The van der Waals surface area contributed by atoms with E-state index in [0.717, 1.165) is 28.8 Å². The molecular formula is C15H8F3NO3. The summed E-state index contributed by atoms with van der Waals surface area (Å²) >= 11 is 0. The van der Waals surface area contributed by atoms with Crippen molar-refractivity contribution < 1.29 is 17.6 Å². The van der Waals surface area contributed by atoms with Crippen LogP contribution in [-0.2, 0) is 6.18 Å². The van der Waals surface area contributed by atoms with Crippen LogP contribution in [0, 0.1) is 0 Å². The molecular weight excluding hydrogens is 299 g/mol. The molecule has 0 aliphatic heterocycles. The van der Waals surface area contributed by atoms with Crippen molar-refractivity contribution in [2.45, 2.75) is 6.18 Å². The predicted octanol–water partition coefficient (Wildman–Crippen LogP) is 2.96. The van der Waals surface area contributed by atoms with Crippen LogP contribution in [0.25, 0.3) is 16.6 Å². The molecule has 0 fully saturated rings. The fraction of sp³-hybridized carbons (Fsp3) is 0.0667. The summed E-state index contributed by atoms with van der Waals surface area (Å²) in [5.74, 6) is -0.955. The first kappa shape index (κ1) is 14.1. The van der Waals surface area contributed by atoms with Crippen LogP contribution in [0.2, 0.25) is 0 Å². The van der Waals surface area contributed by atoms with E-state index in [2.05, 4.69) is 4.42 Å². The fourth-order valence-corrected chi connectivity index (χ4v) is 2.16. The van der Waals surface area contributed by atoms with Gasteiger partial charge in [0.05, 0.1) is 22.2 Å². The maximum Gasteiger partial charge on any atom is 0.426 e. The van der Waals surface area contributed by atoms with Crippen molar-refractivity contribution >= 4 is 10.9 Å². The van der Waals surface area contributed by atoms with E-state index in [0.29, 0.717) is 0 Å². The van der Waals surface area contributed by atoms with E-state index >= 15 is 0 Å². The molecule has 1 aromatic heterocycles. The Labute approximate surface area is 121 Å². The number of fused-ring (bicyclic) bond motifs is 1. The van der Waals surface area contributed by atoms with Gasteiger partial charge in [-0.25, -0.2) is 14.2 Å². The van der Waals surface area contributed by atoms with Gasteiger partial charge < -0.3 is 4.42 Å². The highest BCUT2D eigenvalue weighted by molar-refractivity contribution is 5.78. The molecule has 4 nitrogen and oxygen atoms in total. The van der Waals surface area contributed by atoms with Crippen molar-refractivity contribution in [2.75, 3.05) is 0 Å². The lowest BCUT2D eigenvalue weighted by atomic mass is 10.2. The number of hydrogen-bond acceptors (Lipinski definition) is 3. The first-order valence-corrected chi connectivity index (χ1v) is 6.20. The van der Waals surface area contributed by atoms with E-state index in [1.54, 1.807) is 12.1 Å². The molecule has 22 heavy (non-hydrogen) atoms. The minimum Gasteiger partial charge on any atom is -0.372 e. The number of benzene rings is 2. The number of aromatic nitrogens is 1. The molecule has 0 spiro atoms. The smallest absolute Gasteiger partial charge is 0.372 e. The van der Waals surface area contributed by atoms with Crippen molar-refractivity contribution in [2.24, 2.45) is 0 Å². The Bertz CT molecular complexity index is 953. The van der Waals surface area contributed by atoms with Gasteiger partial charge in [0.15, 0.2) is 0 Å². The van der Waals surface area contributed by atoms with E-state index < -0.39 is 23.1 Å². The Morgan fingerprint density at radius 2 is 1.55 bits per heavy atom. The van der Waals surface area contributed by atoms with Crippen LogP contribution in [0.4, 0.5) is 13.2 Å². The first-order valence-electron chi connectivity index (χ1n) is 6.20. The Kier molecular flexibility index (Phi) is 3.13. The predicted molar refractivity (Wildman–Crippen MR) is 73.1 cm³/mol. The van der Waals surface area contributed by atoms with Gasteiger partial charge in [-0.2, -0.15) is 13.2 Å². The van der Waals surface area contributed by atoms with Gasteiger partial charge in [-0.15, -0.1) is 0 Å². The Morgan fingerprint density at radius 1 is 0.909 bits per heavy atom. The second-order valence-electron chi connectivity index (χ2n) is 4.55. The highest BCUT2D eigenvalue weighted by atomic mass is 19.4. The van der Waals surface area contributed by atoms with E-state index in [9.17, 15) is 22.8 Å². The minimum atomic E-state index is -4.46. The van der Waals surface area contributed by atoms with E-state index in [-0.39, 0.29) is 16.6 Å². The van der Waals surface area contributed by atoms with Crippen LogP contribution in [-0.4, -0.2) is 4.57 Å². The third-order valence-corrected chi connectivity index (χ3v) is 3.18. The molecule has 0 saturated carbocycles. The fourth-order valence-electron chi connectivity index (χ4n) is 2.16. The molecule has 0 atom stereocenters. The van der Waals surface area contributed by atoms with Crippen molar-refractivity contribution in [3.8, 4) is 5.69 Å². The summed E-state index contributed by atoms with van der Waals surface area (Å²) in [5.41, 5.74) is -1.17. The van der Waals surface area contributed by atoms with Gasteiger partial charge in [-0.3, -0.25) is 0 Å². The third kappa shape index (κ3) is 2.30. The maximum absolute atomic E-state index is 12.6. The molecule has 3 aromatic rings. The molecule has 112 valence electrons. The second kappa shape index (κ2) is 4.87. The highest BCUT2D eigenvalue weighted by Crippen LogP contribution is 2.29. The summed E-state index contributed by atoms with van der Waals surface area (Å²) < 4.78 is 43.4. The molecule has 3 rings (SSSR count). The summed E-state index contributed by atoms with van der Waals surface area (Å²) in [4.78, 5) is 23.6. The number of hydrogen-bond donors (Lipinski definition) is 0. The first-order chi connectivity index (χ1) is 10.4. The number of para-hydroxylation sites is 1. The average Bonchev–Trinajstić information content (AvgIpc) is 2.47. The Hall–Kier alpha value is -2.83. The molecule has 0 bridgehead atoms. The highest BCUT2D eigenvalue weighted by Gasteiger charge is 2.30. The van der Waals surface area contributed by atoms with Crippen LogP contribution in [0.3, 0.4) is 0 Å². The SMILES string of the molecule is O=c1oc(=O)n(-c2ccc(C(F)(F)F)cc2)c2ccccc12. The zero-order chi connectivity index (χ0) is 15.9. The molecule has 0 aliphatic rings. The van der Waals surface area contributed by atoms with Gasteiger partial charge in [0.1, 0.15) is 0 Å². The van der Waals surface area contributed by atoms with Crippen LogP contribution in [0.15, 0.2) is 62.5 Å². The van der Waals surface area contributed by atoms with Crippen molar-refractivity contribution in [3.63, 3.8) is 0 Å². The quantitative estimate of drug-likeness (QED) is 0.694. The Morgan fingerprint density at radius 3 is 2.18 bits per heavy atom. The Balaban J connectivity index is 2.27. The van der Waals surface area contributed by atoms with Gasteiger partial charge in [-0.05, 0) is 36.4 Å². The maximum atomic E-state index is 12.6. The molecule has 7 heteroatoms. The second-order valence-corrected chi connectivity index (χ2v) is 4.55. The molecule has 0 amide bonds. The van der Waals surface area contributed by atoms with Crippen LogP contribution >= 0.6 is 0 Å². The third-order valence-electron chi connectivity index (χ3n) is 3.18. The van der Waals surface area contributed by atoms with Crippen molar-refractivity contribution in [3.05, 3.63) is 75.1 Å². The van der Waals surface area contributed by atoms with Crippen molar-refractivity contribution in [1.82, 2.24) is 4.57 Å². The zero-order valence-corrected chi connectivity index (χ0v) is 10.9. The summed E-state index contributed by atoms with van der Waals surface area (Å²) in [7, 11) is 0. The molecule has 1 heterocycles. The topological polar surface area (TPSA) is 52.2 Å². The van der Waals surface area contributed by atoms with E-state index in [1.165, 1.54) is 12.1 Å². The standard InChI is InChI=1S/C15H8F3NO3/c16-15(17,18)9-5-7-10(8-6-9)19-12-4-2-1-3-11(12)13(20)22-14(19)21/h1-8H. The van der Waals surface area contributed by atoms with Crippen LogP contribution in [0.1, 0.15) is 5.56 Å². The zero-order valence-electron chi connectivity index (χ0n) is 10.9. The van der Waals surface area contributed by atoms with Crippen LogP contribution in [0.5, 0.6) is 0 Å². The number of halogens is 3. The molecule has 0 radical (unpaired) electrons. The summed E-state index contributed by atoms with van der Waals surface area (Å²) in [6.45, 7) is 0. The van der Waals surface area contributed by atoms with Gasteiger partial charge in [-0.1, -0.05) is 12.1 Å². The average molecular weight is 307 g/mol. The van der Waals surface area contributed by atoms with Gasteiger partial charge in [0.25, 0.3) is 0 Å². The van der Waals surface area contributed by atoms with Crippen LogP contribution < -0.4 is 11.4 Å². The summed E-state index contributed by atoms with van der Waals surface area (Å²) in [6, 6.07) is 10.2. The lowest BCUT2D eigenvalue weighted by Crippen LogP contribution is -2.23. The summed E-state index contributed by atoms with van der Waals surface area (Å²) in [5, 5.41) is 0.169. The molecule has 0 N–H and O–H groups in total. The minimum absolute atomic E-state index is 0.169. The number of nitrogens with zero attached hydrogens (tertiary/aromatic N) is 1. The lowest BCUT2D eigenvalue weighted by molar-refractivity contribution is -0.137. The number of alkyl halides is 3. The molecule has 0 aliphatic carbocycles. The molecule has 0 unspecified atom stereocenters. The monoisotopic (exact) mass is 307 g/mol. The van der Waals surface area contributed by atoms with Gasteiger partial charge in [0.2, 0.25) is 0 Å². The number of rotatable bonds is 1. The summed E-state index contributed by atoms with van der Waals surface area (Å²) in [6.07, 6.45) is -4.46. The van der Waals surface area contributed by atoms with Gasteiger partial charge >= 0.3 is 17.6 Å². The van der Waals surface area contributed by atoms with E-state index in [1.807, 2.05) is 0 Å².